The third-order valence-corrected chi connectivity index (χ3v) is 4.04. The van der Waals surface area contributed by atoms with E-state index in [0.717, 1.165) is 5.56 Å². The van der Waals surface area contributed by atoms with Crippen LogP contribution in [0.3, 0.4) is 0 Å². The minimum atomic E-state index is -3.60. The molecular formula is C12H16N4O2S. The van der Waals surface area contributed by atoms with E-state index in [1.165, 1.54) is 12.5 Å². The van der Waals surface area contributed by atoms with Gasteiger partial charge in [0.25, 0.3) is 10.0 Å². The summed E-state index contributed by atoms with van der Waals surface area (Å²) in [4.78, 5) is 3.87. The number of imidazole rings is 1. The van der Waals surface area contributed by atoms with Gasteiger partial charge in [-0.25, -0.2) is 18.1 Å². The van der Waals surface area contributed by atoms with Crippen molar-refractivity contribution >= 4 is 15.7 Å². The van der Waals surface area contributed by atoms with Crippen LogP contribution in [0.1, 0.15) is 12.5 Å². The first kappa shape index (κ1) is 13.6. The van der Waals surface area contributed by atoms with E-state index in [-0.39, 0.29) is 11.6 Å². The second kappa shape index (κ2) is 5.41. The van der Waals surface area contributed by atoms with Gasteiger partial charge in [0.2, 0.25) is 0 Å². The zero-order chi connectivity index (χ0) is 13.9. The maximum absolute atomic E-state index is 12.0. The number of rotatable bonds is 5. The molecule has 2 aromatic rings. The van der Waals surface area contributed by atoms with E-state index in [2.05, 4.69) is 9.71 Å². The third kappa shape index (κ3) is 3.12. The molecule has 0 aliphatic heterocycles. The molecule has 0 unspecified atom stereocenters. The van der Waals surface area contributed by atoms with Crippen molar-refractivity contribution in [3.8, 4) is 0 Å². The molecule has 1 aromatic heterocycles. The van der Waals surface area contributed by atoms with Crippen LogP contribution >= 0.6 is 0 Å². The molecule has 19 heavy (non-hydrogen) atoms. The van der Waals surface area contributed by atoms with E-state index in [1.54, 1.807) is 22.8 Å². The van der Waals surface area contributed by atoms with Crippen molar-refractivity contribution in [1.82, 2.24) is 14.3 Å². The lowest BCUT2D eigenvalue weighted by Gasteiger charge is -2.06. The summed E-state index contributed by atoms with van der Waals surface area (Å²) in [5.41, 5.74) is 7.06. The molecule has 0 saturated carbocycles. The minimum Gasteiger partial charge on any atom is -0.398 e. The fourth-order valence-corrected chi connectivity index (χ4v) is 2.55. The summed E-state index contributed by atoms with van der Waals surface area (Å²) in [6.07, 6.45) is 2.99. The van der Waals surface area contributed by atoms with Crippen LogP contribution < -0.4 is 10.5 Å². The van der Waals surface area contributed by atoms with Crippen molar-refractivity contribution in [2.24, 2.45) is 0 Å². The zero-order valence-corrected chi connectivity index (χ0v) is 11.4. The topological polar surface area (TPSA) is 90.0 Å². The Morgan fingerprint density at radius 1 is 1.37 bits per heavy atom. The number of para-hydroxylation sites is 1. The molecule has 0 bridgehead atoms. The van der Waals surface area contributed by atoms with Gasteiger partial charge in [0.15, 0.2) is 5.03 Å². The Labute approximate surface area is 112 Å². The van der Waals surface area contributed by atoms with Gasteiger partial charge in [-0.05, 0) is 18.6 Å². The van der Waals surface area contributed by atoms with Crippen molar-refractivity contribution in [2.45, 2.75) is 25.0 Å². The van der Waals surface area contributed by atoms with Crippen molar-refractivity contribution in [2.75, 3.05) is 5.73 Å². The molecule has 0 radical (unpaired) electrons. The number of sulfonamides is 1. The molecule has 0 aliphatic rings. The number of benzene rings is 1. The van der Waals surface area contributed by atoms with Crippen LogP contribution in [0, 0.1) is 0 Å². The van der Waals surface area contributed by atoms with Gasteiger partial charge >= 0.3 is 0 Å². The lowest BCUT2D eigenvalue weighted by Crippen LogP contribution is -2.24. The van der Waals surface area contributed by atoms with E-state index >= 15 is 0 Å². The molecule has 0 spiro atoms. The van der Waals surface area contributed by atoms with Crippen molar-refractivity contribution in [3.05, 3.63) is 42.4 Å². The second-order valence-corrected chi connectivity index (χ2v) is 5.78. The van der Waals surface area contributed by atoms with Gasteiger partial charge in [0, 0.05) is 25.0 Å². The van der Waals surface area contributed by atoms with Gasteiger partial charge in [-0.3, -0.25) is 0 Å². The van der Waals surface area contributed by atoms with Gasteiger partial charge in [-0.2, -0.15) is 0 Å². The van der Waals surface area contributed by atoms with Crippen LogP contribution in [0.25, 0.3) is 0 Å². The summed E-state index contributed by atoms with van der Waals surface area (Å²) in [5, 5.41) is 0.0175. The maximum atomic E-state index is 12.0. The molecule has 0 atom stereocenters. The van der Waals surface area contributed by atoms with E-state index < -0.39 is 10.0 Å². The van der Waals surface area contributed by atoms with Crippen LogP contribution in [0.4, 0.5) is 5.69 Å². The number of aromatic nitrogens is 2. The highest BCUT2D eigenvalue weighted by molar-refractivity contribution is 7.89. The van der Waals surface area contributed by atoms with Crippen LogP contribution in [0.5, 0.6) is 0 Å². The van der Waals surface area contributed by atoms with E-state index in [9.17, 15) is 8.42 Å². The predicted octanol–water partition coefficient (Wildman–Crippen LogP) is 0.964. The summed E-state index contributed by atoms with van der Waals surface area (Å²) >= 11 is 0. The van der Waals surface area contributed by atoms with Gasteiger partial charge < -0.3 is 10.3 Å². The van der Waals surface area contributed by atoms with Gasteiger partial charge in [-0.1, -0.05) is 18.2 Å². The number of aryl methyl sites for hydroxylation is 1. The van der Waals surface area contributed by atoms with Crippen LogP contribution in [0.2, 0.25) is 0 Å². The Morgan fingerprint density at radius 2 is 2.11 bits per heavy atom. The molecule has 2 rings (SSSR count). The maximum Gasteiger partial charge on any atom is 0.259 e. The number of nitrogens with two attached hydrogens (primary N) is 1. The monoisotopic (exact) mass is 280 g/mol. The molecule has 6 nitrogen and oxygen atoms in total. The minimum absolute atomic E-state index is 0.0175. The summed E-state index contributed by atoms with van der Waals surface area (Å²) in [6.45, 7) is 2.73. The lowest BCUT2D eigenvalue weighted by atomic mass is 10.2. The SMILES string of the molecule is CCn1cnc(S(=O)(=O)NCc2ccccc2N)c1. The Balaban J connectivity index is 2.12. The number of anilines is 1. The zero-order valence-electron chi connectivity index (χ0n) is 10.6. The molecule has 7 heteroatoms. The Kier molecular flexibility index (Phi) is 3.87. The van der Waals surface area contributed by atoms with Gasteiger partial charge in [-0.15, -0.1) is 0 Å². The standard InChI is InChI=1S/C12H16N4O2S/c1-2-16-8-12(14-9-16)19(17,18)15-7-10-5-3-4-6-11(10)13/h3-6,8-9,15H,2,7,13H2,1H3. The first-order valence-electron chi connectivity index (χ1n) is 5.87. The molecule has 3 N–H and O–H groups in total. The lowest BCUT2D eigenvalue weighted by molar-refractivity contribution is 0.578. The van der Waals surface area contributed by atoms with Crippen LogP contribution in [0.15, 0.2) is 41.8 Å². The van der Waals surface area contributed by atoms with Gasteiger partial charge in [0.05, 0.1) is 6.33 Å². The molecule has 0 aliphatic carbocycles. The molecule has 0 amide bonds. The second-order valence-electron chi connectivity index (χ2n) is 4.07. The molecule has 1 aromatic carbocycles. The highest BCUT2D eigenvalue weighted by Crippen LogP contribution is 2.12. The molecule has 0 fully saturated rings. The first-order chi connectivity index (χ1) is 9.03. The molecule has 0 saturated heterocycles. The highest BCUT2D eigenvalue weighted by Gasteiger charge is 2.17. The summed E-state index contributed by atoms with van der Waals surface area (Å²) in [6, 6.07) is 7.12. The Bertz CT molecular complexity index is 664. The van der Waals surface area contributed by atoms with E-state index in [0.29, 0.717) is 12.2 Å². The summed E-state index contributed by atoms with van der Waals surface area (Å²) in [7, 11) is -3.60. The number of hydrogen-bond acceptors (Lipinski definition) is 4. The molecule has 102 valence electrons. The number of hydrogen-bond donors (Lipinski definition) is 2. The highest BCUT2D eigenvalue weighted by atomic mass is 32.2. The van der Waals surface area contributed by atoms with E-state index in [4.69, 9.17) is 5.73 Å². The largest absolute Gasteiger partial charge is 0.398 e. The fourth-order valence-electron chi connectivity index (χ4n) is 1.59. The third-order valence-electron chi connectivity index (χ3n) is 2.76. The molecular weight excluding hydrogens is 264 g/mol. The van der Waals surface area contributed by atoms with Crippen molar-refractivity contribution in [1.29, 1.82) is 0 Å². The average Bonchev–Trinajstić information content (AvgIpc) is 2.87. The normalized spacial score (nSPS) is 11.6. The average molecular weight is 280 g/mol. The van der Waals surface area contributed by atoms with Crippen molar-refractivity contribution < 1.29 is 8.42 Å². The number of nitrogen functional groups attached to an aromatic ring is 1. The fraction of sp³-hybridized carbons (Fsp3) is 0.250. The Hall–Kier alpha value is -1.86. The van der Waals surface area contributed by atoms with E-state index in [1.807, 2.05) is 13.0 Å². The summed E-state index contributed by atoms with van der Waals surface area (Å²) in [5.74, 6) is 0. The first-order valence-corrected chi connectivity index (χ1v) is 7.36. The quantitative estimate of drug-likeness (QED) is 0.798. The van der Waals surface area contributed by atoms with Crippen LogP contribution in [-0.2, 0) is 23.1 Å². The number of nitrogens with one attached hydrogen (secondary N) is 1. The van der Waals surface area contributed by atoms with Crippen LogP contribution in [-0.4, -0.2) is 18.0 Å². The predicted molar refractivity (Wildman–Crippen MR) is 72.8 cm³/mol. The van der Waals surface area contributed by atoms with Crippen molar-refractivity contribution in [3.63, 3.8) is 0 Å². The number of nitrogens with zero attached hydrogens (tertiary/aromatic N) is 2. The van der Waals surface area contributed by atoms with Gasteiger partial charge in [0.1, 0.15) is 0 Å². The Morgan fingerprint density at radius 3 is 2.74 bits per heavy atom. The summed E-state index contributed by atoms with van der Waals surface area (Å²) < 4.78 is 28.2. The smallest absolute Gasteiger partial charge is 0.259 e. The molecule has 1 heterocycles.